The second-order valence-corrected chi connectivity index (χ2v) is 5.11. The standard InChI is InChI=1S/C14H21N3O2/c1-11-9-16(2)6-7-17(11)10-13-5-4-12(8-15-13)14(18)19-3/h4-5,8,11H,6-7,9-10H2,1-3H3. The maximum absolute atomic E-state index is 11.3. The fraction of sp³-hybridized carbons (Fsp3) is 0.571. The van der Waals surface area contributed by atoms with E-state index in [4.69, 9.17) is 0 Å². The van der Waals surface area contributed by atoms with Crippen molar-refractivity contribution in [2.24, 2.45) is 0 Å². The number of likely N-dealkylation sites (N-methyl/N-ethyl adjacent to an activating group) is 1. The van der Waals surface area contributed by atoms with Crippen molar-refractivity contribution in [2.45, 2.75) is 19.5 Å². The quantitative estimate of drug-likeness (QED) is 0.761. The summed E-state index contributed by atoms with van der Waals surface area (Å²) in [5.41, 5.74) is 1.49. The third-order valence-electron chi connectivity index (χ3n) is 3.58. The summed E-state index contributed by atoms with van der Waals surface area (Å²) in [6.07, 6.45) is 1.59. The van der Waals surface area contributed by atoms with Gasteiger partial charge in [-0.3, -0.25) is 9.88 Å². The van der Waals surface area contributed by atoms with Crippen molar-refractivity contribution in [3.8, 4) is 0 Å². The lowest BCUT2D eigenvalue weighted by molar-refractivity contribution is 0.0600. The molecule has 0 bridgehead atoms. The molecule has 5 heteroatoms. The number of piperazine rings is 1. The van der Waals surface area contributed by atoms with Crippen molar-refractivity contribution in [1.82, 2.24) is 14.8 Å². The highest BCUT2D eigenvalue weighted by atomic mass is 16.5. The molecule has 0 saturated carbocycles. The van der Waals surface area contributed by atoms with Gasteiger partial charge in [0.25, 0.3) is 0 Å². The summed E-state index contributed by atoms with van der Waals surface area (Å²) >= 11 is 0. The molecule has 1 saturated heterocycles. The molecule has 5 nitrogen and oxygen atoms in total. The zero-order valence-electron chi connectivity index (χ0n) is 11.8. The highest BCUT2D eigenvalue weighted by Crippen LogP contribution is 2.12. The van der Waals surface area contributed by atoms with Crippen LogP contribution in [-0.2, 0) is 11.3 Å². The predicted molar refractivity (Wildman–Crippen MR) is 72.9 cm³/mol. The van der Waals surface area contributed by atoms with E-state index in [1.54, 1.807) is 12.3 Å². The lowest BCUT2D eigenvalue weighted by Crippen LogP contribution is -2.49. The topological polar surface area (TPSA) is 45.7 Å². The number of aromatic nitrogens is 1. The fourth-order valence-corrected chi connectivity index (χ4v) is 2.38. The molecule has 1 aromatic rings. The Labute approximate surface area is 114 Å². The molecule has 1 fully saturated rings. The molecule has 2 rings (SSSR count). The van der Waals surface area contributed by atoms with E-state index in [0.29, 0.717) is 11.6 Å². The van der Waals surface area contributed by atoms with Crippen LogP contribution in [0.5, 0.6) is 0 Å². The molecule has 0 aromatic carbocycles. The molecule has 0 amide bonds. The van der Waals surface area contributed by atoms with Gasteiger partial charge in [0, 0.05) is 38.4 Å². The van der Waals surface area contributed by atoms with Crippen LogP contribution in [0, 0.1) is 0 Å². The van der Waals surface area contributed by atoms with E-state index in [9.17, 15) is 4.79 Å². The monoisotopic (exact) mass is 263 g/mol. The van der Waals surface area contributed by atoms with Crippen molar-refractivity contribution < 1.29 is 9.53 Å². The largest absolute Gasteiger partial charge is 0.465 e. The molecule has 104 valence electrons. The van der Waals surface area contributed by atoms with Gasteiger partial charge in [0.1, 0.15) is 0 Å². The highest BCUT2D eigenvalue weighted by molar-refractivity contribution is 5.88. The van der Waals surface area contributed by atoms with Crippen LogP contribution in [0.4, 0.5) is 0 Å². The number of hydrogen-bond acceptors (Lipinski definition) is 5. The molecule has 1 atom stereocenters. The lowest BCUT2D eigenvalue weighted by atomic mass is 10.2. The molecule has 1 aliphatic rings. The van der Waals surface area contributed by atoms with E-state index in [0.717, 1.165) is 31.9 Å². The molecule has 0 aliphatic carbocycles. The maximum atomic E-state index is 11.3. The maximum Gasteiger partial charge on any atom is 0.339 e. The number of esters is 1. The Bertz CT molecular complexity index is 433. The number of carbonyl (C=O) groups is 1. The first-order valence-corrected chi connectivity index (χ1v) is 6.56. The summed E-state index contributed by atoms with van der Waals surface area (Å²) < 4.78 is 4.66. The van der Waals surface area contributed by atoms with E-state index in [-0.39, 0.29) is 5.97 Å². The smallest absolute Gasteiger partial charge is 0.339 e. The van der Waals surface area contributed by atoms with Crippen LogP contribution >= 0.6 is 0 Å². The van der Waals surface area contributed by atoms with E-state index in [1.165, 1.54) is 7.11 Å². The first-order chi connectivity index (χ1) is 9.10. The normalized spacial score (nSPS) is 21.3. The Morgan fingerprint density at radius 2 is 2.26 bits per heavy atom. The van der Waals surface area contributed by atoms with E-state index < -0.39 is 0 Å². The zero-order valence-corrected chi connectivity index (χ0v) is 11.8. The van der Waals surface area contributed by atoms with Crippen LogP contribution in [0.3, 0.4) is 0 Å². The molecular formula is C14H21N3O2. The van der Waals surface area contributed by atoms with Crippen LogP contribution < -0.4 is 0 Å². The third-order valence-corrected chi connectivity index (χ3v) is 3.58. The van der Waals surface area contributed by atoms with Crippen molar-refractivity contribution >= 4 is 5.97 Å². The van der Waals surface area contributed by atoms with Crippen LogP contribution in [-0.4, -0.2) is 60.6 Å². The minimum Gasteiger partial charge on any atom is -0.465 e. The van der Waals surface area contributed by atoms with Gasteiger partial charge in [-0.2, -0.15) is 0 Å². The molecule has 19 heavy (non-hydrogen) atoms. The SMILES string of the molecule is COC(=O)c1ccc(CN2CCN(C)CC2C)nc1. The van der Waals surface area contributed by atoms with Crippen molar-refractivity contribution in [1.29, 1.82) is 0 Å². The molecule has 2 heterocycles. The van der Waals surface area contributed by atoms with Crippen LogP contribution in [0.25, 0.3) is 0 Å². The highest BCUT2D eigenvalue weighted by Gasteiger charge is 2.21. The minimum absolute atomic E-state index is 0.341. The molecule has 0 N–H and O–H groups in total. The summed E-state index contributed by atoms with van der Waals surface area (Å²) in [6, 6.07) is 4.20. The lowest BCUT2D eigenvalue weighted by Gasteiger charge is -2.37. The summed E-state index contributed by atoms with van der Waals surface area (Å²) in [6.45, 7) is 6.29. The summed E-state index contributed by atoms with van der Waals surface area (Å²) in [5.74, 6) is -0.341. The summed E-state index contributed by atoms with van der Waals surface area (Å²) in [5, 5.41) is 0. The minimum atomic E-state index is -0.341. The first-order valence-electron chi connectivity index (χ1n) is 6.56. The van der Waals surface area contributed by atoms with Gasteiger partial charge in [-0.1, -0.05) is 0 Å². The summed E-state index contributed by atoms with van der Waals surface area (Å²) in [4.78, 5) is 20.4. The summed E-state index contributed by atoms with van der Waals surface area (Å²) in [7, 11) is 3.53. The number of nitrogens with zero attached hydrogens (tertiary/aromatic N) is 3. The Morgan fingerprint density at radius 1 is 1.47 bits per heavy atom. The van der Waals surface area contributed by atoms with Crippen LogP contribution in [0.15, 0.2) is 18.3 Å². The van der Waals surface area contributed by atoms with Crippen molar-refractivity contribution in [2.75, 3.05) is 33.8 Å². The Balaban J connectivity index is 1.98. The van der Waals surface area contributed by atoms with E-state index >= 15 is 0 Å². The number of rotatable bonds is 3. The van der Waals surface area contributed by atoms with Crippen LogP contribution in [0.1, 0.15) is 23.0 Å². The van der Waals surface area contributed by atoms with E-state index in [2.05, 4.69) is 33.5 Å². The predicted octanol–water partition coefficient (Wildman–Crippen LogP) is 1.00. The van der Waals surface area contributed by atoms with Gasteiger partial charge in [-0.15, -0.1) is 0 Å². The molecule has 0 radical (unpaired) electrons. The Hall–Kier alpha value is -1.46. The van der Waals surface area contributed by atoms with Gasteiger partial charge in [0.2, 0.25) is 0 Å². The number of ether oxygens (including phenoxy) is 1. The molecule has 0 spiro atoms. The molecular weight excluding hydrogens is 242 g/mol. The van der Waals surface area contributed by atoms with Crippen LogP contribution in [0.2, 0.25) is 0 Å². The van der Waals surface area contributed by atoms with Gasteiger partial charge in [0.05, 0.1) is 18.4 Å². The van der Waals surface area contributed by atoms with E-state index in [1.807, 2.05) is 6.07 Å². The Kier molecular flexibility index (Phi) is 4.50. The molecule has 1 aliphatic heterocycles. The number of carbonyl (C=O) groups excluding carboxylic acids is 1. The second-order valence-electron chi connectivity index (χ2n) is 5.11. The number of methoxy groups -OCH3 is 1. The van der Waals surface area contributed by atoms with Crippen molar-refractivity contribution in [3.05, 3.63) is 29.6 Å². The molecule has 1 aromatic heterocycles. The van der Waals surface area contributed by atoms with Gasteiger partial charge < -0.3 is 9.64 Å². The van der Waals surface area contributed by atoms with Gasteiger partial charge in [0.15, 0.2) is 0 Å². The third kappa shape index (κ3) is 3.52. The van der Waals surface area contributed by atoms with Gasteiger partial charge >= 0.3 is 5.97 Å². The first kappa shape index (κ1) is 14.0. The van der Waals surface area contributed by atoms with Crippen molar-refractivity contribution in [3.63, 3.8) is 0 Å². The van der Waals surface area contributed by atoms with Gasteiger partial charge in [-0.25, -0.2) is 4.79 Å². The second kappa shape index (κ2) is 6.12. The number of pyridine rings is 1. The average Bonchev–Trinajstić information content (AvgIpc) is 2.42. The molecule has 1 unspecified atom stereocenters. The zero-order chi connectivity index (χ0) is 13.8. The Morgan fingerprint density at radius 3 is 2.84 bits per heavy atom. The fourth-order valence-electron chi connectivity index (χ4n) is 2.38. The average molecular weight is 263 g/mol. The van der Waals surface area contributed by atoms with Gasteiger partial charge in [-0.05, 0) is 26.1 Å². The number of hydrogen-bond donors (Lipinski definition) is 0.